The van der Waals surface area contributed by atoms with Crippen molar-refractivity contribution in [3.8, 4) is 28.6 Å². The third-order valence-electron chi connectivity index (χ3n) is 4.69. The second-order valence-electron chi connectivity index (χ2n) is 7.16. The Hall–Kier alpha value is -3.66. The Bertz CT molecular complexity index is 1060. The monoisotopic (exact) mass is 443 g/mol. The molecule has 2 heterocycles. The smallest absolute Gasteiger partial charge is 0.231 e. The number of halogens is 1. The molecule has 9 nitrogen and oxygen atoms in total. The molecule has 168 valence electrons. The molecule has 2 aromatic carbocycles. The highest BCUT2D eigenvalue weighted by molar-refractivity contribution is 5.75. The summed E-state index contributed by atoms with van der Waals surface area (Å²) in [5.74, 6) is 2.01. The number of aliphatic hydroxyl groups is 1. The van der Waals surface area contributed by atoms with E-state index in [9.17, 15) is 14.3 Å². The van der Waals surface area contributed by atoms with E-state index in [0.29, 0.717) is 47.4 Å². The van der Waals surface area contributed by atoms with Gasteiger partial charge in [0, 0.05) is 31.0 Å². The number of aryl methyl sites for hydroxylation is 1. The molecule has 0 fully saturated rings. The quantitative estimate of drug-likeness (QED) is 0.491. The highest BCUT2D eigenvalue weighted by Gasteiger charge is 2.15. The molecule has 0 radical (unpaired) electrons. The first kappa shape index (κ1) is 21.6. The van der Waals surface area contributed by atoms with Crippen LogP contribution in [0.15, 0.2) is 47.0 Å². The molecule has 1 aliphatic rings. The summed E-state index contributed by atoms with van der Waals surface area (Å²) in [4.78, 5) is 16.3. The number of ether oxygens (including phenoxy) is 3. The summed E-state index contributed by atoms with van der Waals surface area (Å²) in [5.41, 5.74) is 0.649. The maximum atomic E-state index is 13.0. The maximum Gasteiger partial charge on any atom is 0.231 e. The van der Waals surface area contributed by atoms with Crippen LogP contribution < -0.4 is 19.5 Å². The number of hydrogen-bond acceptors (Lipinski definition) is 8. The van der Waals surface area contributed by atoms with E-state index in [1.165, 1.54) is 12.1 Å². The largest absolute Gasteiger partial charge is 0.491 e. The highest BCUT2D eigenvalue weighted by Crippen LogP contribution is 2.35. The van der Waals surface area contributed by atoms with Gasteiger partial charge in [-0.05, 0) is 42.8 Å². The number of aromatic nitrogens is 2. The van der Waals surface area contributed by atoms with Gasteiger partial charge in [0.05, 0.1) is 0 Å². The SMILES string of the molecule is O=C(CCCc1nc(-c2ccc(F)cc2)no1)NCC(O)COc1ccc2c(c1)OCO2. The first-order valence-corrected chi connectivity index (χ1v) is 10.1. The van der Waals surface area contributed by atoms with E-state index in [-0.39, 0.29) is 38.1 Å². The minimum atomic E-state index is -0.862. The molecule has 4 rings (SSSR count). The molecule has 32 heavy (non-hydrogen) atoms. The molecular formula is C22H22FN3O6. The predicted octanol–water partition coefficient (Wildman–Crippen LogP) is 2.48. The number of hydrogen-bond donors (Lipinski definition) is 2. The summed E-state index contributed by atoms with van der Waals surface area (Å²) >= 11 is 0. The van der Waals surface area contributed by atoms with Gasteiger partial charge in [-0.1, -0.05) is 5.16 Å². The van der Waals surface area contributed by atoms with Crippen LogP contribution in [0.25, 0.3) is 11.4 Å². The maximum absolute atomic E-state index is 13.0. The number of rotatable bonds is 10. The molecule has 1 amide bonds. The van der Waals surface area contributed by atoms with Crippen LogP contribution >= 0.6 is 0 Å². The number of amides is 1. The highest BCUT2D eigenvalue weighted by atomic mass is 19.1. The molecule has 0 saturated carbocycles. The number of benzene rings is 2. The fourth-order valence-corrected chi connectivity index (χ4v) is 3.01. The lowest BCUT2D eigenvalue weighted by atomic mass is 10.2. The van der Waals surface area contributed by atoms with Gasteiger partial charge in [0.25, 0.3) is 0 Å². The molecule has 1 atom stereocenters. The van der Waals surface area contributed by atoms with Gasteiger partial charge in [-0.2, -0.15) is 4.98 Å². The molecular weight excluding hydrogens is 421 g/mol. The lowest BCUT2D eigenvalue weighted by Gasteiger charge is -2.13. The van der Waals surface area contributed by atoms with Crippen LogP contribution in [0.2, 0.25) is 0 Å². The average molecular weight is 443 g/mol. The number of carbonyl (C=O) groups excluding carboxylic acids is 1. The number of carbonyl (C=O) groups is 1. The van der Waals surface area contributed by atoms with Crippen LogP contribution in [0.1, 0.15) is 18.7 Å². The number of aliphatic hydroxyl groups excluding tert-OH is 1. The fourth-order valence-electron chi connectivity index (χ4n) is 3.01. The first-order chi connectivity index (χ1) is 15.6. The molecule has 10 heteroatoms. The molecule has 1 aliphatic heterocycles. The number of fused-ring (bicyclic) bond motifs is 1. The minimum Gasteiger partial charge on any atom is -0.491 e. The third-order valence-corrected chi connectivity index (χ3v) is 4.69. The van der Waals surface area contributed by atoms with Crippen LogP contribution in [-0.4, -0.2) is 47.2 Å². The topological polar surface area (TPSA) is 116 Å². The Morgan fingerprint density at radius 3 is 2.84 bits per heavy atom. The van der Waals surface area contributed by atoms with E-state index >= 15 is 0 Å². The Labute approximate surface area is 183 Å². The number of nitrogens with one attached hydrogen (secondary N) is 1. The number of nitrogens with zero attached hydrogens (tertiary/aromatic N) is 2. The average Bonchev–Trinajstić information content (AvgIpc) is 3.46. The van der Waals surface area contributed by atoms with Crippen molar-refractivity contribution in [2.75, 3.05) is 19.9 Å². The van der Waals surface area contributed by atoms with Crippen LogP contribution in [0, 0.1) is 5.82 Å². The molecule has 1 aromatic heterocycles. The van der Waals surface area contributed by atoms with Crippen molar-refractivity contribution < 1.29 is 33.0 Å². The minimum absolute atomic E-state index is 0.0219. The summed E-state index contributed by atoms with van der Waals surface area (Å²) < 4.78 is 34.2. The van der Waals surface area contributed by atoms with Crippen molar-refractivity contribution in [2.45, 2.75) is 25.4 Å². The second kappa shape index (κ2) is 10.1. The Kier molecular flexibility index (Phi) is 6.81. The van der Waals surface area contributed by atoms with Crippen LogP contribution in [-0.2, 0) is 11.2 Å². The molecule has 0 spiro atoms. The molecule has 0 bridgehead atoms. The zero-order chi connectivity index (χ0) is 22.3. The van der Waals surface area contributed by atoms with Gasteiger partial charge < -0.3 is 29.2 Å². The van der Waals surface area contributed by atoms with E-state index < -0.39 is 6.10 Å². The van der Waals surface area contributed by atoms with Crippen LogP contribution in [0.4, 0.5) is 4.39 Å². The standard InChI is InChI=1S/C22H22FN3O6/c23-15-6-4-14(5-7-15)22-25-21(32-26-22)3-1-2-20(28)24-11-16(27)12-29-17-8-9-18-19(10-17)31-13-30-18/h4-10,16,27H,1-3,11-13H2,(H,24,28). The lowest BCUT2D eigenvalue weighted by molar-refractivity contribution is -0.121. The van der Waals surface area contributed by atoms with Gasteiger partial charge >= 0.3 is 0 Å². The summed E-state index contributed by atoms with van der Waals surface area (Å²) in [6, 6.07) is 10.9. The van der Waals surface area contributed by atoms with Crippen LogP contribution in [0.5, 0.6) is 17.2 Å². The summed E-state index contributed by atoms with van der Waals surface area (Å²) in [6.07, 6.45) is 0.306. The van der Waals surface area contributed by atoms with E-state index in [4.69, 9.17) is 18.7 Å². The second-order valence-corrected chi connectivity index (χ2v) is 7.16. The van der Waals surface area contributed by atoms with Gasteiger partial charge in [0.15, 0.2) is 11.5 Å². The van der Waals surface area contributed by atoms with Crippen molar-refractivity contribution in [1.82, 2.24) is 15.5 Å². The Morgan fingerprint density at radius 2 is 2.00 bits per heavy atom. The Morgan fingerprint density at radius 1 is 1.19 bits per heavy atom. The van der Waals surface area contributed by atoms with Gasteiger partial charge in [-0.3, -0.25) is 4.79 Å². The summed E-state index contributed by atoms with van der Waals surface area (Å²) in [7, 11) is 0. The van der Waals surface area contributed by atoms with Crippen molar-refractivity contribution in [3.63, 3.8) is 0 Å². The van der Waals surface area contributed by atoms with Gasteiger partial charge in [0.1, 0.15) is 24.3 Å². The fraction of sp³-hybridized carbons (Fsp3) is 0.318. The normalized spacial score (nSPS) is 13.1. The molecule has 1 unspecified atom stereocenters. The van der Waals surface area contributed by atoms with Gasteiger partial charge in [0.2, 0.25) is 24.4 Å². The van der Waals surface area contributed by atoms with Crippen molar-refractivity contribution in [2.24, 2.45) is 0 Å². The first-order valence-electron chi connectivity index (χ1n) is 10.1. The van der Waals surface area contributed by atoms with Gasteiger partial charge in [-0.25, -0.2) is 4.39 Å². The molecule has 0 saturated heterocycles. The summed E-state index contributed by atoms with van der Waals surface area (Å²) in [5, 5.41) is 16.6. The summed E-state index contributed by atoms with van der Waals surface area (Å²) in [6.45, 7) is 0.266. The molecule has 0 aliphatic carbocycles. The van der Waals surface area contributed by atoms with E-state index in [0.717, 1.165) is 0 Å². The predicted molar refractivity (Wildman–Crippen MR) is 110 cm³/mol. The zero-order valence-corrected chi connectivity index (χ0v) is 17.1. The van der Waals surface area contributed by atoms with Gasteiger partial charge in [-0.15, -0.1) is 0 Å². The van der Waals surface area contributed by atoms with Crippen molar-refractivity contribution >= 4 is 5.91 Å². The van der Waals surface area contributed by atoms with Crippen molar-refractivity contribution in [3.05, 3.63) is 54.2 Å². The molecule has 2 N–H and O–H groups in total. The third kappa shape index (κ3) is 5.73. The Balaban J connectivity index is 1.13. The zero-order valence-electron chi connectivity index (χ0n) is 17.1. The van der Waals surface area contributed by atoms with Crippen molar-refractivity contribution in [1.29, 1.82) is 0 Å². The van der Waals surface area contributed by atoms with E-state index in [2.05, 4.69) is 15.5 Å². The molecule has 3 aromatic rings. The lowest BCUT2D eigenvalue weighted by Crippen LogP contribution is -2.35. The van der Waals surface area contributed by atoms with E-state index in [1.54, 1.807) is 30.3 Å². The van der Waals surface area contributed by atoms with E-state index in [1.807, 2.05) is 0 Å². The van der Waals surface area contributed by atoms with Crippen LogP contribution in [0.3, 0.4) is 0 Å².